The first kappa shape index (κ1) is 51.7. The maximum atomic E-state index is 14.2. The zero-order valence-electron chi connectivity index (χ0n) is 37.2. The number of hydrogen-bond acceptors (Lipinski definition) is 12. The summed E-state index contributed by atoms with van der Waals surface area (Å²) in [6.45, 7) is 4.59. The van der Waals surface area contributed by atoms with Gasteiger partial charge in [-0.05, 0) is 82.9 Å². The number of aliphatic imine (C=N–C) groups is 1. The van der Waals surface area contributed by atoms with Gasteiger partial charge in [-0.2, -0.15) is 0 Å². The Labute approximate surface area is 387 Å². The molecule has 3 aromatic carbocycles. The third-order valence-electron chi connectivity index (χ3n) is 9.99. The number of nitrogens with two attached hydrogens (primary N) is 1. The topological polar surface area (TPSA) is 275 Å². The lowest BCUT2D eigenvalue weighted by Gasteiger charge is -2.30. The molecule has 0 aromatic heterocycles. The van der Waals surface area contributed by atoms with E-state index in [0.717, 1.165) is 11.1 Å². The average molecular weight is 936 g/mol. The molecule has 356 valence electrons. The number of ether oxygens (including phenoxy) is 3. The first-order valence-electron chi connectivity index (χ1n) is 21.5. The minimum absolute atomic E-state index is 0.0241. The van der Waals surface area contributed by atoms with E-state index in [0.29, 0.717) is 29.8 Å². The third-order valence-corrected chi connectivity index (χ3v) is 10.4. The molecule has 0 aliphatic carbocycles. The largest absolute Gasteiger partial charge is 0.454 e. The molecule has 0 saturated carbocycles. The van der Waals surface area contributed by atoms with Crippen LogP contribution in [-0.4, -0.2) is 102 Å². The van der Waals surface area contributed by atoms with E-state index in [2.05, 4.69) is 26.3 Å². The van der Waals surface area contributed by atoms with E-state index in [1.807, 2.05) is 60.7 Å². The van der Waals surface area contributed by atoms with Crippen molar-refractivity contribution in [1.29, 1.82) is 0 Å². The van der Waals surface area contributed by atoms with E-state index in [1.165, 1.54) is 4.90 Å². The van der Waals surface area contributed by atoms with Crippen molar-refractivity contribution in [2.75, 3.05) is 26.2 Å². The van der Waals surface area contributed by atoms with Crippen LogP contribution in [0.2, 0.25) is 5.02 Å². The summed E-state index contributed by atoms with van der Waals surface area (Å²) in [6, 6.07) is 21.3. The number of hydrazine groups is 1. The van der Waals surface area contributed by atoms with Crippen LogP contribution >= 0.6 is 11.6 Å². The molecule has 3 aromatic rings. The fourth-order valence-corrected chi connectivity index (χ4v) is 7.11. The van der Waals surface area contributed by atoms with Gasteiger partial charge in [-0.25, -0.2) is 29.5 Å². The number of esters is 1. The maximum absolute atomic E-state index is 14.2. The van der Waals surface area contributed by atoms with Gasteiger partial charge in [0.05, 0.1) is 6.04 Å². The summed E-state index contributed by atoms with van der Waals surface area (Å²) in [5, 5.41) is 21.2. The van der Waals surface area contributed by atoms with Crippen LogP contribution in [0.4, 0.5) is 9.59 Å². The molecule has 4 rings (SSSR count). The van der Waals surface area contributed by atoms with Gasteiger partial charge in [0.1, 0.15) is 30.3 Å². The Morgan fingerprint density at radius 2 is 1.48 bits per heavy atom. The molecule has 0 unspecified atom stereocenters. The van der Waals surface area contributed by atoms with Crippen LogP contribution < -0.4 is 32.4 Å². The number of guanidine groups is 1. The normalized spacial score (nSPS) is 14.6. The number of rotatable bonds is 22. The second kappa shape index (κ2) is 26.1. The molecule has 1 heterocycles. The summed E-state index contributed by atoms with van der Waals surface area (Å²) < 4.78 is 16.1. The van der Waals surface area contributed by atoms with Crippen LogP contribution in [0.3, 0.4) is 0 Å². The number of benzene rings is 3. The van der Waals surface area contributed by atoms with Crippen molar-refractivity contribution < 1.29 is 48.0 Å². The summed E-state index contributed by atoms with van der Waals surface area (Å²) in [5.74, 6) is -3.28. The van der Waals surface area contributed by atoms with Crippen LogP contribution in [0.5, 0.6) is 0 Å². The van der Waals surface area contributed by atoms with Gasteiger partial charge in [0.25, 0.3) is 11.9 Å². The highest BCUT2D eigenvalue weighted by atomic mass is 35.5. The van der Waals surface area contributed by atoms with Crippen molar-refractivity contribution in [3.05, 3.63) is 117 Å². The van der Waals surface area contributed by atoms with Crippen molar-refractivity contribution >= 4 is 53.4 Å². The van der Waals surface area contributed by atoms with Crippen molar-refractivity contribution in [2.24, 2.45) is 10.7 Å². The lowest BCUT2D eigenvalue weighted by molar-refractivity contribution is -0.525. The lowest BCUT2D eigenvalue weighted by Crippen LogP contribution is -2.55. The first-order valence-corrected chi connectivity index (χ1v) is 21.9. The molecule has 0 radical (unpaired) electrons. The number of carbonyl (C=O) groups excluding carboxylic acids is 6. The summed E-state index contributed by atoms with van der Waals surface area (Å²) in [6.07, 6.45) is 0.0751. The molecule has 1 fully saturated rings. The fraction of sp³-hybridized carbons (Fsp3) is 0.444. The van der Waals surface area contributed by atoms with Crippen LogP contribution in [0.1, 0.15) is 88.4 Å². The number of likely N-dealkylation sites (tertiary alicyclic amines) is 1. The summed E-state index contributed by atoms with van der Waals surface area (Å²) in [7, 11) is 0. The van der Waals surface area contributed by atoms with Gasteiger partial charge in [-0.3, -0.25) is 14.4 Å². The minimum Gasteiger partial charge on any atom is -0.454 e. The van der Waals surface area contributed by atoms with E-state index < -0.39 is 83.2 Å². The molecule has 20 nitrogen and oxygen atoms in total. The highest BCUT2D eigenvalue weighted by Crippen LogP contribution is 2.23. The monoisotopic (exact) mass is 935 g/mol. The molecule has 0 spiro atoms. The second-order valence-corrected chi connectivity index (χ2v) is 16.7. The van der Waals surface area contributed by atoms with Crippen LogP contribution in [0.25, 0.3) is 0 Å². The SMILES string of the molecule is CC(C)(C)OC(=O)N[C@@H](CCCCNC(=O)OCc1ccccc1Cl)C(=O)N1CCC[C@H]1C(=O)N[C@@H](CCCN=C(N)N[N+](=O)[O-])C(=O)OCC(=O)NC(c1ccccc1)c1ccccc1. The predicted molar refractivity (Wildman–Crippen MR) is 243 cm³/mol. The van der Waals surface area contributed by atoms with Crippen LogP contribution in [0, 0.1) is 10.1 Å². The smallest absolute Gasteiger partial charge is 0.408 e. The van der Waals surface area contributed by atoms with Crippen molar-refractivity contribution in [3.8, 4) is 0 Å². The van der Waals surface area contributed by atoms with Gasteiger partial charge >= 0.3 is 18.2 Å². The molecular weight excluding hydrogens is 878 g/mol. The predicted octanol–water partition coefficient (Wildman–Crippen LogP) is 4.43. The lowest BCUT2D eigenvalue weighted by atomic mass is 9.99. The molecule has 7 N–H and O–H groups in total. The number of unbranched alkanes of at least 4 members (excludes halogenated alkanes) is 1. The number of nitro groups is 1. The summed E-state index contributed by atoms with van der Waals surface area (Å²) in [5.41, 5.74) is 8.61. The maximum Gasteiger partial charge on any atom is 0.408 e. The second-order valence-electron chi connectivity index (χ2n) is 16.2. The number of nitrogens with zero attached hydrogens (tertiary/aromatic N) is 3. The van der Waals surface area contributed by atoms with Gasteiger partial charge in [0.2, 0.25) is 11.8 Å². The first-order chi connectivity index (χ1) is 31.5. The van der Waals surface area contributed by atoms with Gasteiger partial charge < -0.3 is 46.1 Å². The van der Waals surface area contributed by atoms with Crippen molar-refractivity contribution in [1.82, 2.24) is 31.6 Å². The van der Waals surface area contributed by atoms with E-state index in [-0.39, 0.29) is 51.9 Å². The Balaban J connectivity index is 1.41. The molecule has 1 aliphatic heterocycles. The van der Waals surface area contributed by atoms with Crippen LogP contribution in [-0.2, 0) is 40.0 Å². The Bertz CT molecular complexity index is 2100. The fourth-order valence-electron chi connectivity index (χ4n) is 6.91. The van der Waals surface area contributed by atoms with E-state index in [1.54, 1.807) is 50.5 Å². The Morgan fingerprint density at radius 3 is 2.12 bits per heavy atom. The molecular formula is C45H58ClN9O11. The number of alkyl carbamates (subject to hydrolysis) is 2. The zero-order chi connectivity index (χ0) is 48.1. The molecule has 0 bridgehead atoms. The highest BCUT2D eigenvalue weighted by Gasteiger charge is 2.39. The molecule has 66 heavy (non-hydrogen) atoms. The van der Waals surface area contributed by atoms with Gasteiger partial charge in [-0.15, -0.1) is 0 Å². The Morgan fingerprint density at radius 1 is 0.848 bits per heavy atom. The number of amides is 5. The van der Waals surface area contributed by atoms with E-state index in [9.17, 15) is 38.9 Å². The standard InChI is InChI=1S/C45H58ClN9O11/c1-45(2,3)66-44(61)51-34(22-12-13-25-49-43(60)65-28-32-20-10-11-21-33(32)46)40(58)54-27-15-24-36(54)39(57)50-35(23-14-26-48-42(47)53-55(62)63)41(59)64-29-37(56)52-38(30-16-6-4-7-17-30)31-18-8-5-9-19-31/h4-11,16-21,34-36,38H,12-15,22-29H2,1-3H3,(H,49,60)(H,50,57)(H,51,61)(H,52,56)(H3,47,48,53)/t34-,35-,36-/m0/s1. The van der Waals surface area contributed by atoms with Gasteiger partial charge in [0.15, 0.2) is 11.6 Å². The molecule has 1 saturated heterocycles. The number of nitrogens with one attached hydrogen (secondary N) is 5. The molecule has 3 atom stereocenters. The van der Waals surface area contributed by atoms with E-state index in [4.69, 9.17) is 31.5 Å². The highest BCUT2D eigenvalue weighted by molar-refractivity contribution is 6.31. The quantitative estimate of drug-likeness (QED) is 0.0155. The molecule has 1 aliphatic rings. The number of halogens is 1. The third kappa shape index (κ3) is 17.9. The van der Waals surface area contributed by atoms with Gasteiger partial charge in [-0.1, -0.05) is 95.9 Å². The average Bonchev–Trinajstić information content (AvgIpc) is 3.77. The van der Waals surface area contributed by atoms with E-state index >= 15 is 0 Å². The van der Waals surface area contributed by atoms with Crippen molar-refractivity contribution in [2.45, 2.75) is 102 Å². The number of carbonyl (C=O) groups is 6. The Hall–Kier alpha value is -6.96. The van der Waals surface area contributed by atoms with Crippen molar-refractivity contribution in [3.63, 3.8) is 0 Å². The molecule has 21 heteroatoms. The molecule has 5 amide bonds. The zero-order valence-corrected chi connectivity index (χ0v) is 37.9. The Kier molecular flexibility index (Phi) is 20.4. The summed E-state index contributed by atoms with van der Waals surface area (Å²) >= 11 is 6.14. The van der Waals surface area contributed by atoms with Crippen LogP contribution in [0.15, 0.2) is 89.9 Å². The minimum atomic E-state index is -1.33. The van der Waals surface area contributed by atoms with Gasteiger partial charge in [0, 0.05) is 30.2 Å². The summed E-state index contributed by atoms with van der Waals surface area (Å²) in [4.78, 5) is 96.3. The number of hydrogen-bond donors (Lipinski definition) is 6.